The zero-order chi connectivity index (χ0) is 22.2. The van der Waals surface area contributed by atoms with Crippen molar-refractivity contribution in [3.05, 3.63) is 65.3 Å². The molecule has 0 bridgehead atoms. The fourth-order valence-electron chi connectivity index (χ4n) is 4.44. The van der Waals surface area contributed by atoms with Crippen LogP contribution in [0.2, 0.25) is 0 Å². The summed E-state index contributed by atoms with van der Waals surface area (Å²) in [5, 5.41) is 4.64. The molecule has 1 aromatic heterocycles. The molecule has 2 atom stereocenters. The van der Waals surface area contributed by atoms with Crippen LogP contribution >= 0.6 is 12.6 Å². The van der Waals surface area contributed by atoms with E-state index >= 15 is 0 Å². The number of rotatable bonds is 7. The Morgan fingerprint density at radius 3 is 2.78 bits per heavy atom. The van der Waals surface area contributed by atoms with Gasteiger partial charge in [0, 0.05) is 36.0 Å². The summed E-state index contributed by atoms with van der Waals surface area (Å²) in [4.78, 5) is 15.3. The van der Waals surface area contributed by atoms with E-state index in [9.17, 15) is 9.18 Å². The van der Waals surface area contributed by atoms with Crippen LogP contribution in [0.1, 0.15) is 49.8 Å². The van der Waals surface area contributed by atoms with E-state index in [4.69, 9.17) is 22.1 Å². The van der Waals surface area contributed by atoms with Gasteiger partial charge in [0.2, 0.25) is 6.29 Å². The SMILES string of the molecule is CC1OC(c2ccn(C/C=C3\CN(C(C(=O)C4CC4)c4ccccc4F)CCC3S)n2)O1. The minimum absolute atomic E-state index is 0.0573. The Kier molecular flexibility index (Phi) is 6.20. The minimum Gasteiger partial charge on any atom is -0.318 e. The molecule has 0 spiro atoms. The summed E-state index contributed by atoms with van der Waals surface area (Å²) in [6, 6.07) is 8.01. The minimum atomic E-state index is -0.542. The van der Waals surface area contributed by atoms with Crippen LogP contribution in [0.25, 0.3) is 0 Å². The number of likely N-dealkylation sites (tertiary alicyclic amines) is 1. The van der Waals surface area contributed by atoms with Gasteiger partial charge in [-0.2, -0.15) is 17.7 Å². The van der Waals surface area contributed by atoms with Gasteiger partial charge < -0.3 is 9.47 Å². The first-order chi connectivity index (χ1) is 15.5. The third-order valence-corrected chi connectivity index (χ3v) is 6.98. The Labute approximate surface area is 192 Å². The zero-order valence-corrected chi connectivity index (χ0v) is 19.0. The molecule has 2 unspecified atom stereocenters. The van der Waals surface area contributed by atoms with E-state index in [2.05, 4.69) is 16.1 Å². The summed E-state index contributed by atoms with van der Waals surface area (Å²) in [5.74, 6) is -0.121. The number of carbonyl (C=O) groups is 1. The number of benzene rings is 1. The molecule has 3 fully saturated rings. The Hall–Kier alpha value is -2.00. The first kappa shape index (κ1) is 21.8. The molecule has 0 radical (unpaired) electrons. The summed E-state index contributed by atoms with van der Waals surface area (Å²) >= 11 is 4.77. The quantitative estimate of drug-likeness (QED) is 0.502. The Bertz CT molecular complexity index is 1020. The number of ether oxygens (including phenoxy) is 2. The van der Waals surface area contributed by atoms with Crippen LogP contribution in [-0.2, 0) is 20.8 Å². The lowest BCUT2D eigenvalue weighted by molar-refractivity contribution is -0.384. The monoisotopic (exact) mass is 457 g/mol. The summed E-state index contributed by atoms with van der Waals surface area (Å²) < 4.78 is 27.5. The van der Waals surface area contributed by atoms with Crippen LogP contribution in [0.5, 0.6) is 0 Å². The van der Waals surface area contributed by atoms with Gasteiger partial charge >= 0.3 is 0 Å². The van der Waals surface area contributed by atoms with Gasteiger partial charge in [-0.25, -0.2) is 4.39 Å². The molecule has 8 heteroatoms. The van der Waals surface area contributed by atoms with Crippen LogP contribution in [0, 0.1) is 11.7 Å². The van der Waals surface area contributed by atoms with Gasteiger partial charge in [0.15, 0.2) is 12.1 Å². The lowest BCUT2D eigenvalue weighted by Gasteiger charge is -2.37. The molecule has 170 valence electrons. The smallest absolute Gasteiger partial charge is 0.208 e. The summed E-state index contributed by atoms with van der Waals surface area (Å²) in [5.41, 5.74) is 2.36. The highest BCUT2D eigenvalue weighted by atomic mass is 32.1. The fraction of sp³-hybridized carbons (Fsp3) is 0.500. The highest BCUT2D eigenvalue weighted by Gasteiger charge is 2.40. The van der Waals surface area contributed by atoms with Crippen LogP contribution < -0.4 is 0 Å². The van der Waals surface area contributed by atoms with Gasteiger partial charge in [0.1, 0.15) is 11.5 Å². The van der Waals surface area contributed by atoms with E-state index in [1.165, 1.54) is 6.07 Å². The van der Waals surface area contributed by atoms with E-state index in [0.717, 1.165) is 30.5 Å². The average Bonchev–Trinajstić information content (AvgIpc) is 3.51. The Balaban J connectivity index is 1.32. The topological polar surface area (TPSA) is 56.6 Å². The average molecular weight is 458 g/mol. The van der Waals surface area contributed by atoms with Gasteiger partial charge in [-0.05, 0) is 43.9 Å². The van der Waals surface area contributed by atoms with Crippen molar-refractivity contribution in [1.29, 1.82) is 0 Å². The number of ketones is 1. The number of nitrogens with zero attached hydrogens (tertiary/aromatic N) is 3. The summed E-state index contributed by atoms with van der Waals surface area (Å²) in [6.07, 6.45) is 6.06. The number of aromatic nitrogens is 2. The van der Waals surface area contributed by atoms with Crippen LogP contribution in [0.3, 0.4) is 0 Å². The molecule has 3 heterocycles. The second-order valence-corrected chi connectivity index (χ2v) is 9.41. The predicted octanol–water partition coefficient (Wildman–Crippen LogP) is 4.06. The number of carbonyl (C=O) groups excluding carboxylic acids is 1. The van der Waals surface area contributed by atoms with Gasteiger partial charge in [0.05, 0.1) is 12.6 Å². The molecule has 5 rings (SSSR count). The number of hydrogen-bond acceptors (Lipinski definition) is 6. The molecule has 3 aliphatic rings. The second kappa shape index (κ2) is 9.09. The lowest BCUT2D eigenvalue weighted by atomic mass is 9.93. The molecule has 2 aliphatic heterocycles. The zero-order valence-electron chi connectivity index (χ0n) is 18.1. The van der Waals surface area contributed by atoms with Crippen molar-refractivity contribution in [1.82, 2.24) is 14.7 Å². The first-order valence-corrected chi connectivity index (χ1v) is 11.7. The van der Waals surface area contributed by atoms with E-state index in [-0.39, 0.29) is 29.1 Å². The van der Waals surface area contributed by atoms with E-state index < -0.39 is 12.3 Å². The standard InChI is InChI=1S/C24H28FN3O3S/c1-15-30-24(31-15)20-9-13-28(26-20)12-8-17-14-27(11-10-21(17)32)22(23(29)16-6-7-16)18-4-2-3-5-19(18)25/h2-5,8-9,13,15-16,21-22,24,32H,6-7,10-12,14H2,1H3/b17-8+. The third-order valence-electron chi connectivity index (χ3n) is 6.39. The third kappa shape index (κ3) is 4.55. The van der Waals surface area contributed by atoms with Gasteiger partial charge in [-0.1, -0.05) is 24.3 Å². The molecule has 6 nitrogen and oxygen atoms in total. The molecule has 1 saturated carbocycles. The largest absolute Gasteiger partial charge is 0.318 e. The maximum atomic E-state index is 14.7. The number of allylic oxidation sites excluding steroid dienone is 1. The number of hydrogen-bond donors (Lipinski definition) is 1. The van der Waals surface area contributed by atoms with E-state index in [1.807, 2.05) is 23.9 Å². The van der Waals surface area contributed by atoms with Crippen LogP contribution in [-0.4, -0.2) is 45.1 Å². The Morgan fingerprint density at radius 1 is 1.28 bits per heavy atom. The van der Waals surface area contributed by atoms with Crippen molar-refractivity contribution in [2.24, 2.45) is 5.92 Å². The summed E-state index contributed by atoms with van der Waals surface area (Å²) in [7, 11) is 0. The van der Waals surface area contributed by atoms with Gasteiger partial charge in [-0.3, -0.25) is 14.4 Å². The molecular formula is C24H28FN3O3S. The van der Waals surface area contributed by atoms with Crippen molar-refractivity contribution in [2.45, 2.75) is 56.6 Å². The molecule has 32 heavy (non-hydrogen) atoms. The van der Waals surface area contributed by atoms with E-state index in [0.29, 0.717) is 25.2 Å². The van der Waals surface area contributed by atoms with Crippen molar-refractivity contribution >= 4 is 18.4 Å². The predicted molar refractivity (Wildman–Crippen MR) is 121 cm³/mol. The van der Waals surface area contributed by atoms with Gasteiger partial charge in [-0.15, -0.1) is 0 Å². The Morgan fingerprint density at radius 2 is 2.06 bits per heavy atom. The fourth-order valence-corrected chi connectivity index (χ4v) is 4.75. The number of thiol groups is 1. The number of piperidine rings is 1. The van der Waals surface area contributed by atoms with Crippen molar-refractivity contribution in [3.8, 4) is 0 Å². The second-order valence-electron chi connectivity index (χ2n) is 8.79. The summed E-state index contributed by atoms with van der Waals surface area (Å²) in [6.45, 7) is 3.74. The van der Waals surface area contributed by atoms with Crippen molar-refractivity contribution in [2.75, 3.05) is 13.1 Å². The van der Waals surface area contributed by atoms with Crippen LogP contribution in [0.4, 0.5) is 4.39 Å². The number of Topliss-reactive ketones (excluding diaryl/α,β-unsaturated/α-hetero) is 1. The van der Waals surface area contributed by atoms with Crippen molar-refractivity contribution in [3.63, 3.8) is 0 Å². The molecule has 1 aliphatic carbocycles. The molecular weight excluding hydrogens is 429 g/mol. The molecule has 1 aromatic carbocycles. The highest BCUT2D eigenvalue weighted by molar-refractivity contribution is 7.81. The molecule has 0 amide bonds. The van der Waals surface area contributed by atoms with Crippen molar-refractivity contribution < 1.29 is 18.7 Å². The molecule has 2 aromatic rings. The highest BCUT2D eigenvalue weighted by Crippen LogP contribution is 2.39. The number of halogens is 1. The maximum absolute atomic E-state index is 14.7. The van der Waals surface area contributed by atoms with Gasteiger partial charge in [0.25, 0.3) is 0 Å². The maximum Gasteiger partial charge on any atom is 0.208 e. The molecule has 0 N–H and O–H groups in total. The lowest BCUT2D eigenvalue weighted by Crippen LogP contribution is -2.42. The first-order valence-electron chi connectivity index (χ1n) is 11.2. The normalized spacial score (nSPS) is 28.5. The van der Waals surface area contributed by atoms with E-state index in [1.54, 1.807) is 18.2 Å². The molecule has 2 saturated heterocycles. The van der Waals surface area contributed by atoms with Crippen LogP contribution in [0.15, 0.2) is 48.2 Å².